The minimum atomic E-state index is -0.173. The fraction of sp³-hybridized carbons (Fsp3) is 0.500. The molecule has 0 unspecified atom stereocenters. The first-order chi connectivity index (χ1) is 10.9. The lowest BCUT2D eigenvalue weighted by atomic mass is 9.89. The van der Waals surface area contributed by atoms with Crippen molar-refractivity contribution >= 4 is 11.7 Å². The van der Waals surface area contributed by atoms with Crippen LogP contribution in [0.2, 0.25) is 0 Å². The highest BCUT2D eigenvalue weighted by atomic mass is 16.2. The molecule has 1 aromatic carbocycles. The third-order valence-electron chi connectivity index (χ3n) is 6.28. The topological polar surface area (TPSA) is 46.2 Å². The van der Waals surface area contributed by atoms with Gasteiger partial charge in [0.25, 0.3) is 0 Å². The van der Waals surface area contributed by atoms with Crippen LogP contribution < -0.4 is 5.32 Å². The van der Waals surface area contributed by atoms with E-state index in [-0.39, 0.29) is 28.9 Å². The van der Waals surface area contributed by atoms with Crippen molar-refractivity contribution in [2.24, 2.45) is 29.1 Å². The number of fused-ring (bicyclic) bond motifs is 1. The van der Waals surface area contributed by atoms with Crippen LogP contribution in [0.1, 0.15) is 38.2 Å². The molecule has 0 saturated heterocycles. The third-order valence-corrected chi connectivity index (χ3v) is 6.28. The lowest BCUT2D eigenvalue weighted by Gasteiger charge is -2.19. The number of benzene rings is 1. The number of rotatable bonds is 4. The number of Topliss-reactive ketones (excluding diaryl/α,β-unsaturated/α-hetero) is 1. The summed E-state index contributed by atoms with van der Waals surface area (Å²) in [4.78, 5) is 24.6. The van der Waals surface area contributed by atoms with Crippen LogP contribution in [0.3, 0.4) is 0 Å². The predicted molar refractivity (Wildman–Crippen MR) is 88.4 cm³/mol. The largest absolute Gasteiger partial charge is 0.329 e. The predicted octanol–water partition coefficient (Wildman–Crippen LogP) is 3.28. The van der Waals surface area contributed by atoms with Crippen molar-refractivity contribution in [1.82, 2.24) is 5.32 Å². The van der Waals surface area contributed by atoms with Crippen LogP contribution in [0.15, 0.2) is 42.6 Å². The highest BCUT2D eigenvalue weighted by Gasteiger charge is 2.67. The van der Waals surface area contributed by atoms with Gasteiger partial charge in [-0.1, -0.05) is 50.8 Å². The van der Waals surface area contributed by atoms with Gasteiger partial charge >= 0.3 is 0 Å². The van der Waals surface area contributed by atoms with Crippen LogP contribution in [0.25, 0.3) is 0 Å². The Bertz CT molecular complexity index is 691. The molecule has 4 rings (SSSR count). The zero-order valence-electron chi connectivity index (χ0n) is 13.7. The Balaban J connectivity index is 1.39. The van der Waals surface area contributed by atoms with Gasteiger partial charge in [-0.05, 0) is 35.2 Å². The quantitative estimate of drug-likeness (QED) is 0.927. The Morgan fingerprint density at radius 2 is 1.96 bits per heavy atom. The number of allylic oxidation sites excluding steroid dienone is 1. The van der Waals surface area contributed by atoms with Crippen LogP contribution in [0.5, 0.6) is 0 Å². The summed E-state index contributed by atoms with van der Waals surface area (Å²) in [5.41, 5.74) is 2.06. The molecule has 0 bridgehead atoms. The Labute approximate surface area is 137 Å². The Morgan fingerprint density at radius 1 is 1.26 bits per heavy atom. The van der Waals surface area contributed by atoms with Gasteiger partial charge in [-0.3, -0.25) is 9.59 Å². The second-order valence-electron chi connectivity index (χ2n) is 7.98. The minimum Gasteiger partial charge on any atom is -0.329 e. The van der Waals surface area contributed by atoms with E-state index in [1.165, 1.54) is 5.56 Å². The average Bonchev–Trinajstić information content (AvgIpc) is 3.36. The summed E-state index contributed by atoms with van der Waals surface area (Å²) in [5, 5.41) is 2.95. The van der Waals surface area contributed by atoms with E-state index in [4.69, 9.17) is 0 Å². The van der Waals surface area contributed by atoms with Crippen LogP contribution in [-0.4, -0.2) is 11.7 Å². The Kier molecular flexibility index (Phi) is 3.06. The molecule has 1 amide bonds. The number of ketones is 1. The monoisotopic (exact) mass is 309 g/mol. The summed E-state index contributed by atoms with van der Waals surface area (Å²) in [6.45, 7) is 8.45. The van der Waals surface area contributed by atoms with Crippen LogP contribution in [0, 0.1) is 29.1 Å². The molecule has 0 spiro atoms. The summed E-state index contributed by atoms with van der Waals surface area (Å²) in [6.07, 6.45) is 1.53. The van der Waals surface area contributed by atoms with Gasteiger partial charge in [0.05, 0.1) is 5.92 Å². The average molecular weight is 309 g/mol. The first-order valence-corrected chi connectivity index (χ1v) is 8.48. The van der Waals surface area contributed by atoms with Crippen molar-refractivity contribution in [2.45, 2.75) is 32.6 Å². The maximum Gasteiger partial charge on any atom is 0.227 e. The van der Waals surface area contributed by atoms with E-state index < -0.39 is 0 Å². The number of hydrogen-bond acceptors (Lipinski definition) is 2. The standard InChI is InChI=1S/C20H23NO2/c1-11(17-16(22)10-15-18(17)20(15,2)3)21-19(23)14-9-13(14)12-7-5-4-6-8-12/h4-8,13-15,17-18H,1,9-10H2,2-3H3,(H,21,23)/t13-,14-,15-,17+,18-/m0/s1. The molecule has 23 heavy (non-hydrogen) atoms. The first-order valence-electron chi connectivity index (χ1n) is 8.48. The molecule has 0 aromatic heterocycles. The van der Waals surface area contributed by atoms with E-state index in [0.717, 1.165) is 6.42 Å². The molecule has 3 nitrogen and oxygen atoms in total. The van der Waals surface area contributed by atoms with E-state index in [0.29, 0.717) is 29.9 Å². The summed E-state index contributed by atoms with van der Waals surface area (Å²) in [6, 6.07) is 10.2. The molecule has 1 aromatic rings. The fourth-order valence-corrected chi connectivity index (χ4v) is 4.68. The summed E-state index contributed by atoms with van der Waals surface area (Å²) in [7, 11) is 0. The summed E-state index contributed by atoms with van der Waals surface area (Å²) < 4.78 is 0. The molecule has 3 aliphatic rings. The van der Waals surface area contributed by atoms with E-state index >= 15 is 0 Å². The second kappa shape index (κ2) is 4.80. The van der Waals surface area contributed by atoms with E-state index in [1.54, 1.807) is 0 Å². The van der Waals surface area contributed by atoms with Crippen LogP contribution in [-0.2, 0) is 9.59 Å². The number of nitrogens with one attached hydrogen (secondary N) is 1. The van der Waals surface area contributed by atoms with Gasteiger partial charge < -0.3 is 5.32 Å². The number of hydrogen-bond donors (Lipinski definition) is 1. The van der Waals surface area contributed by atoms with Gasteiger partial charge in [0.15, 0.2) is 0 Å². The summed E-state index contributed by atoms with van der Waals surface area (Å²) >= 11 is 0. The molecule has 3 saturated carbocycles. The fourth-order valence-electron chi connectivity index (χ4n) is 4.68. The molecule has 0 aliphatic heterocycles. The van der Waals surface area contributed by atoms with E-state index in [2.05, 4.69) is 37.9 Å². The van der Waals surface area contributed by atoms with Crippen LogP contribution >= 0.6 is 0 Å². The minimum absolute atomic E-state index is 0.0219. The highest BCUT2D eigenvalue weighted by molar-refractivity contribution is 5.91. The smallest absolute Gasteiger partial charge is 0.227 e. The number of carbonyl (C=O) groups excluding carboxylic acids is 2. The zero-order valence-corrected chi connectivity index (χ0v) is 13.7. The molecule has 0 radical (unpaired) electrons. The molecule has 0 heterocycles. The van der Waals surface area contributed by atoms with Gasteiger partial charge in [-0.15, -0.1) is 0 Å². The molecule has 3 heteroatoms. The normalized spacial score (nSPS) is 36.3. The molecule has 1 N–H and O–H groups in total. The lowest BCUT2D eigenvalue weighted by molar-refractivity contribution is -0.123. The molecule has 5 atom stereocenters. The van der Waals surface area contributed by atoms with E-state index in [9.17, 15) is 9.59 Å². The summed E-state index contributed by atoms with van der Waals surface area (Å²) in [5.74, 6) is 1.28. The van der Waals surface area contributed by atoms with Gasteiger partial charge in [-0.2, -0.15) is 0 Å². The van der Waals surface area contributed by atoms with Gasteiger partial charge in [0, 0.05) is 18.0 Å². The maximum atomic E-state index is 12.5. The van der Waals surface area contributed by atoms with Crippen molar-refractivity contribution in [1.29, 1.82) is 0 Å². The Morgan fingerprint density at radius 3 is 2.61 bits per heavy atom. The molecular formula is C20H23NO2. The van der Waals surface area contributed by atoms with Crippen LogP contribution in [0.4, 0.5) is 0 Å². The van der Waals surface area contributed by atoms with Crippen molar-refractivity contribution in [3.05, 3.63) is 48.2 Å². The first kappa shape index (κ1) is 14.7. The number of carbonyl (C=O) groups is 2. The second-order valence-corrected chi connectivity index (χ2v) is 7.98. The molecule has 3 fully saturated rings. The highest BCUT2D eigenvalue weighted by Crippen LogP contribution is 2.68. The maximum absolute atomic E-state index is 12.5. The molecular weight excluding hydrogens is 286 g/mol. The van der Waals surface area contributed by atoms with Crippen molar-refractivity contribution in [3.63, 3.8) is 0 Å². The molecule has 3 aliphatic carbocycles. The van der Waals surface area contributed by atoms with Crippen molar-refractivity contribution in [2.75, 3.05) is 0 Å². The van der Waals surface area contributed by atoms with Crippen molar-refractivity contribution < 1.29 is 9.59 Å². The van der Waals surface area contributed by atoms with E-state index in [1.807, 2.05) is 18.2 Å². The van der Waals surface area contributed by atoms with Gasteiger partial charge in [0.2, 0.25) is 5.91 Å². The van der Waals surface area contributed by atoms with Gasteiger partial charge in [0.1, 0.15) is 5.78 Å². The van der Waals surface area contributed by atoms with Gasteiger partial charge in [-0.25, -0.2) is 0 Å². The zero-order chi connectivity index (χ0) is 16.4. The molecule has 120 valence electrons. The van der Waals surface area contributed by atoms with Crippen molar-refractivity contribution in [3.8, 4) is 0 Å². The number of amides is 1. The lowest BCUT2D eigenvalue weighted by Crippen LogP contribution is -2.32. The SMILES string of the molecule is C=C(NC(=O)[C@H]1C[C@H]1c1ccccc1)[C@@H]1C(=O)C[C@H]2[C@@H]1C2(C)C. The Hall–Kier alpha value is -1.90. The third kappa shape index (κ3) is 2.25.